The molecule has 1 unspecified atom stereocenters. The zero-order valence-electron chi connectivity index (χ0n) is 24.5. The van der Waals surface area contributed by atoms with E-state index >= 15 is 0 Å². The van der Waals surface area contributed by atoms with Gasteiger partial charge < -0.3 is 11.1 Å². The molecule has 1 aliphatic rings. The van der Waals surface area contributed by atoms with Gasteiger partial charge in [-0.3, -0.25) is 4.90 Å². The number of nitrogens with one attached hydrogen (secondary N) is 1. The normalized spacial score (nSPS) is 13.7. The van der Waals surface area contributed by atoms with Crippen LogP contribution in [0.2, 0.25) is 0 Å². The summed E-state index contributed by atoms with van der Waals surface area (Å²) < 4.78 is 0. The third-order valence-corrected chi connectivity index (χ3v) is 6.75. The number of nitrogens with zero attached hydrogens (tertiary/aromatic N) is 1. The first-order chi connectivity index (χ1) is 18.5. The van der Waals surface area contributed by atoms with Crippen LogP contribution in [0.3, 0.4) is 0 Å². The molecule has 1 fully saturated rings. The summed E-state index contributed by atoms with van der Waals surface area (Å²) in [6.07, 6.45) is 6.06. The van der Waals surface area contributed by atoms with Crippen LogP contribution in [-0.4, -0.2) is 18.6 Å². The fraction of sp³-hybridized carbons (Fsp3) is 0.441. The number of aryl methyl sites for hydroxylation is 1. The Bertz CT molecular complexity index is 1060. The highest BCUT2D eigenvalue weighted by Gasteiger charge is 2.46. The van der Waals surface area contributed by atoms with Gasteiger partial charge in [0.2, 0.25) is 0 Å². The number of carbonyl (C=O) groups excluding carboxylic acids is 1. The summed E-state index contributed by atoms with van der Waals surface area (Å²) in [5.41, 5.74) is 11.9. The van der Waals surface area contributed by atoms with E-state index in [2.05, 4.69) is 67.7 Å². The van der Waals surface area contributed by atoms with E-state index in [1.54, 1.807) is 0 Å². The molecule has 0 aliphatic heterocycles. The highest BCUT2D eigenvalue weighted by Crippen LogP contribution is 2.45. The van der Waals surface area contributed by atoms with Crippen LogP contribution in [0.25, 0.3) is 11.1 Å². The van der Waals surface area contributed by atoms with Gasteiger partial charge in [0.05, 0.1) is 5.54 Å². The van der Waals surface area contributed by atoms with Crippen LogP contribution in [0.5, 0.6) is 0 Å². The summed E-state index contributed by atoms with van der Waals surface area (Å²) in [6.45, 7) is 12.8. The van der Waals surface area contributed by atoms with Crippen LogP contribution in [0, 0.1) is 0 Å². The summed E-state index contributed by atoms with van der Waals surface area (Å²) in [6, 6.07) is 27.2. The molecule has 0 radical (unpaired) electrons. The molecule has 3 aromatic rings. The van der Waals surface area contributed by atoms with Crippen molar-refractivity contribution in [3.63, 3.8) is 0 Å². The largest absolute Gasteiger partial charge is 0.328 e. The number of amides is 2. The van der Waals surface area contributed by atoms with Gasteiger partial charge in [-0.15, -0.1) is 0 Å². The number of carbonyl (C=O) groups is 1. The van der Waals surface area contributed by atoms with Crippen molar-refractivity contribution in [1.82, 2.24) is 5.32 Å². The number of hydrogen-bond acceptors (Lipinski definition) is 2. The summed E-state index contributed by atoms with van der Waals surface area (Å²) in [5.74, 6) is 0. The molecule has 1 aliphatic carbocycles. The zero-order valence-corrected chi connectivity index (χ0v) is 24.5. The lowest BCUT2D eigenvalue weighted by Gasteiger charge is -2.29. The molecule has 3 N–H and O–H groups in total. The second kappa shape index (κ2) is 16.0. The van der Waals surface area contributed by atoms with Crippen LogP contribution in [0.4, 0.5) is 10.5 Å². The maximum atomic E-state index is 13.5. The van der Waals surface area contributed by atoms with Crippen molar-refractivity contribution < 1.29 is 4.79 Å². The smallest absolute Gasteiger partial charge is 0.322 e. The van der Waals surface area contributed by atoms with Gasteiger partial charge in [0, 0.05) is 18.3 Å². The van der Waals surface area contributed by atoms with E-state index in [9.17, 15) is 4.79 Å². The number of rotatable bonds is 10. The maximum absolute atomic E-state index is 13.5. The van der Waals surface area contributed by atoms with E-state index in [4.69, 9.17) is 5.73 Å². The Balaban J connectivity index is 0.00000121. The molecule has 38 heavy (non-hydrogen) atoms. The average Bonchev–Trinajstić information content (AvgIpc) is 3.76. The van der Waals surface area contributed by atoms with Gasteiger partial charge in [0.15, 0.2) is 0 Å². The number of anilines is 1. The van der Waals surface area contributed by atoms with Crippen LogP contribution >= 0.6 is 0 Å². The Labute approximate surface area is 231 Å². The number of urea groups is 1. The molecule has 0 spiro atoms. The molecular formula is C34H49N3O. The minimum Gasteiger partial charge on any atom is -0.328 e. The minimum atomic E-state index is -0.258. The number of hydrogen-bond donors (Lipinski definition) is 2. The standard InChI is InChI=1S/C30H37N3O.2C2H6/c1-3-8-23-12-14-24(15-13-23)25-16-18-28(19-17-25)33(22-27(31)9-4-2)29(34)32-30(20-21-30)26-10-6-5-7-11-26;2*1-2/h5-7,10-19,27H,3-4,8-9,20-22,31H2,1-2H3,(H,32,34);2*1-2H3. The molecule has 0 bridgehead atoms. The summed E-state index contributed by atoms with van der Waals surface area (Å²) in [7, 11) is 0. The van der Waals surface area contributed by atoms with Crippen molar-refractivity contribution in [2.45, 2.75) is 91.6 Å². The van der Waals surface area contributed by atoms with E-state index in [1.165, 1.54) is 16.7 Å². The van der Waals surface area contributed by atoms with E-state index in [1.807, 2.05) is 62.9 Å². The van der Waals surface area contributed by atoms with Gasteiger partial charge in [0.1, 0.15) is 0 Å². The lowest BCUT2D eigenvalue weighted by molar-refractivity contribution is 0.240. The van der Waals surface area contributed by atoms with Crippen molar-refractivity contribution in [1.29, 1.82) is 0 Å². The van der Waals surface area contributed by atoms with Crippen LogP contribution in [-0.2, 0) is 12.0 Å². The number of benzene rings is 3. The molecular weight excluding hydrogens is 466 g/mol. The summed E-state index contributed by atoms with van der Waals surface area (Å²) in [5, 5.41) is 3.33. The first-order valence-electron chi connectivity index (χ1n) is 14.6. The molecule has 4 heteroatoms. The van der Waals surface area contributed by atoms with Gasteiger partial charge in [-0.2, -0.15) is 0 Å². The Morgan fingerprint density at radius 3 is 1.89 bits per heavy atom. The highest BCUT2D eigenvalue weighted by atomic mass is 16.2. The second-order valence-electron chi connectivity index (χ2n) is 9.53. The fourth-order valence-electron chi connectivity index (χ4n) is 4.63. The second-order valence-corrected chi connectivity index (χ2v) is 9.53. The molecule has 0 saturated heterocycles. The molecule has 1 saturated carbocycles. The van der Waals surface area contributed by atoms with Crippen molar-refractivity contribution in [3.05, 3.63) is 90.0 Å². The molecule has 4 nitrogen and oxygen atoms in total. The lowest BCUT2D eigenvalue weighted by atomic mass is 10.0. The van der Waals surface area contributed by atoms with Crippen LogP contribution in [0.15, 0.2) is 78.9 Å². The maximum Gasteiger partial charge on any atom is 0.322 e. The van der Waals surface area contributed by atoms with Gasteiger partial charge >= 0.3 is 6.03 Å². The lowest BCUT2D eigenvalue weighted by Crippen LogP contribution is -2.49. The summed E-state index contributed by atoms with van der Waals surface area (Å²) in [4.78, 5) is 15.3. The Morgan fingerprint density at radius 2 is 1.39 bits per heavy atom. The van der Waals surface area contributed by atoms with Crippen molar-refractivity contribution in [2.75, 3.05) is 11.4 Å². The monoisotopic (exact) mass is 515 g/mol. The molecule has 2 amide bonds. The molecule has 0 aromatic heterocycles. The quantitative estimate of drug-likeness (QED) is 0.284. The molecule has 4 rings (SSSR count). The molecule has 1 atom stereocenters. The average molecular weight is 516 g/mol. The Hall–Kier alpha value is -3.11. The van der Waals surface area contributed by atoms with Crippen molar-refractivity contribution in [2.24, 2.45) is 5.73 Å². The molecule has 3 aromatic carbocycles. The van der Waals surface area contributed by atoms with E-state index < -0.39 is 0 Å². The predicted molar refractivity (Wildman–Crippen MR) is 165 cm³/mol. The highest BCUT2D eigenvalue weighted by molar-refractivity contribution is 5.93. The van der Waals surface area contributed by atoms with Gasteiger partial charge in [0.25, 0.3) is 0 Å². The Morgan fingerprint density at radius 1 is 0.842 bits per heavy atom. The van der Waals surface area contributed by atoms with Gasteiger partial charge in [-0.1, -0.05) is 121 Å². The van der Waals surface area contributed by atoms with Crippen LogP contribution in [0.1, 0.15) is 84.8 Å². The minimum absolute atomic E-state index is 0.0617. The first kappa shape index (κ1) is 31.1. The Kier molecular flexibility index (Phi) is 13.1. The SMILES string of the molecule is CC.CC.CCCc1ccc(-c2ccc(N(CC(N)CCC)C(=O)NC3(c4ccccc4)CC3)cc2)cc1. The third-order valence-electron chi connectivity index (χ3n) is 6.75. The van der Waals surface area contributed by atoms with Gasteiger partial charge in [-0.05, 0) is 60.1 Å². The number of nitrogens with two attached hydrogens (primary N) is 1. The third kappa shape index (κ3) is 8.46. The van der Waals surface area contributed by atoms with Gasteiger partial charge in [-0.25, -0.2) is 4.79 Å². The van der Waals surface area contributed by atoms with Crippen LogP contribution < -0.4 is 16.0 Å². The van der Waals surface area contributed by atoms with E-state index in [0.717, 1.165) is 49.8 Å². The molecule has 206 valence electrons. The first-order valence-corrected chi connectivity index (χ1v) is 14.6. The fourth-order valence-corrected chi connectivity index (χ4v) is 4.63. The van der Waals surface area contributed by atoms with Crippen molar-refractivity contribution in [3.8, 4) is 11.1 Å². The zero-order chi connectivity index (χ0) is 28.0. The van der Waals surface area contributed by atoms with Crippen molar-refractivity contribution >= 4 is 11.7 Å². The molecule has 0 heterocycles. The van der Waals surface area contributed by atoms with E-state index in [-0.39, 0.29) is 17.6 Å². The topological polar surface area (TPSA) is 58.4 Å². The summed E-state index contributed by atoms with van der Waals surface area (Å²) >= 11 is 0. The van der Waals surface area contributed by atoms with E-state index in [0.29, 0.717) is 6.54 Å². The predicted octanol–water partition coefficient (Wildman–Crippen LogP) is 8.69.